The fraction of sp³-hybridized carbons (Fsp3) is 0.462. The Hall–Kier alpha value is -1.15. The number of benzene rings is 1. The van der Waals surface area contributed by atoms with Gasteiger partial charge in [-0.25, -0.2) is 13.6 Å². The molecule has 0 spiro atoms. The van der Waals surface area contributed by atoms with Gasteiger partial charge in [-0.2, -0.15) is 0 Å². The lowest BCUT2D eigenvalue weighted by molar-refractivity contribution is 0.0928. The van der Waals surface area contributed by atoms with E-state index in [1.54, 1.807) is 7.11 Å². The molecule has 8 heteroatoms. The molecule has 0 bridgehead atoms. The lowest BCUT2D eigenvalue weighted by Crippen LogP contribution is -2.34. The summed E-state index contributed by atoms with van der Waals surface area (Å²) in [6.45, 7) is 3.86. The smallest absolute Gasteiger partial charge is 0.251 e. The normalized spacial score (nSPS) is 13.0. The number of primary sulfonamides is 1. The maximum absolute atomic E-state index is 12.2. The molecule has 0 radical (unpaired) electrons. The Bertz CT molecular complexity index is 631. The molecule has 0 aliphatic carbocycles. The van der Waals surface area contributed by atoms with E-state index in [2.05, 4.69) is 5.32 Å². The van der Waals surface area contributed by atoms with E-state index in [4.69, 9.17) is 21.5 Å². The van der Waals surface area contributed by atoms with Gasteiger partial charge in [-0.15, -0.1) is 0 Å². The summed E-state index contributed by atoms with van der Waals surface area (Å²) in [6, 6.07) is 2.54. The summed E-state index contributed by atoms with van der Waals surface area (Å²) < 4.78 is 28.0. The molecule has 1 atom stereocenters. The van der Waals surface area contributed by atoms with Crippen molar-refractivity contribution in [2.45, 2.75) is 31.2 Å². The number of amides is 1. The molecular weight excluding hydrogens is 316 g/mol. The summed E-state index contributed by atoms with van der Waals surface area (Å²) in [6.07, 6.45) is 0.643. The number of carbonyl (C=O) groups excluding carboxylic acids is 1. The third-order valence-electron chi connectivity index (χ3n) is 3.01. The van der Waals surface area contributed by atoms with Gasteiger partial charge < -0.3 is 10.1 Å². The third kappa shape index (κ3) is 4.96. The van der Waals surface area contributed by atoms with Gasteiger partial charge in [-0.1, -0.05) is 11.6 Å². The van der Waals surface area contributed by atoms with Gasteiger partial charge in [-0.05, 0) is 38.0 Å². The van der Waals surface area contributed by atoms with Crippen molar-refractivity contribution < 1.29 is 17.9 Å². The second kappa shape index (κ2) is 7.22. The van der Waals surface area contributed by atoms with Crippen LogP contribution in [0.3, 0.4) is 0 Å². The van der Waals surface area contributed by atoms with Crippen LogP contribution < -0.4 is 10.5 Å². The summed E-state index contributed by atoms with van der Waals surface area (Å²) >= 11 is 5.87. The van der Waals surface area contributed by atoms with E-state index >= 15 is 0 Å². The fourth-order valence-corrected chi connectivity index (χ4v) is 2.96. The van der Waals surface area contributed by atoms with Gasteiger partial charge >= 0.3 is 0 Å². The third-order valence-corrected chi connectivity index (χ3v) is 4.26. The van der Waals surface area contributed by atoms with E-state index in [9.17, 15) is 13.2 Å². The number of nitrogens with one attached hydrogen (secondary N) is 1. The standard InChI is InChI=1S/C13H19ClN2O4S/c1-8(4-5-20-3)16-13(17)11-6-10(14)7-12(9(11)2)21(15,18)19/h6-8H,4-5H2,1-3H3,(H,16,17)(H2,15,18,19). The second-order valence-electron chi connectivity index (χ2n) is 4.78. The molecule has 0 aliphatic rings. The number of carbonyl (C=O) groups is 1. The van der Waals surface area contributed by atoms with Crippen LogP contribution >= 0.6 is 11.6 Å². The van der Waals surface area contributed by atoms with Gasteiger partial charge in [0.15, 0.2) is 0 Å². The van der Waals surface area contributed by atoms with E-state index in [0.29, 0.717) is 13.0 Å². The molecule has 0 saturated carbocycles. The van der Waals surface area contributed by atoms with Crippen LogP contribution in [-0.4, -0.2) is 34.1 Å². The summed E-state index contributed by atoms with van der Waals surface area (Å²) in [5.74, 6) is -0.400. The molecule has 0 heterocycles. The zero-order valence-electron chi connectivity index (χ0n) is 12.1. The van der Waals surface area contributed by atoms with Crippen molar-refractivity contribution in [3.63, 3.8) is 0 Å². The zero-order valence-corrected chi connectivity index (χ0v) is 13.7. The highest BCUT2D eigenvalue weighted by Crippen LogP contribution is 2.23. The maximum Gasteiger partial charge on any atom is 0.251 e. The Morgan fingerprint density at radius 2 is 2.10 bits per heavy atom. The Morgan fingerprint density at radius 3 is 2.62 bits per heavy atom. The molecule has 1 aromatic rings. The summed E-state index contributed by atoms with van der Waals surface area (Å²) in [5.41, 5.74) is 0.467. The Morgan fingerprint density at radius 1 is 1.48 bits per heavy atom. The van der Waals surface area contributed by atoms with Crippen LogP contribution in [0.15, 0.2) is 17.0 Å². The van der Waals surface area contributed by atoms with Crippen LogP contribution in [0.4, 0.5) is 0 Å². The minimum atomic E-state index is -3.94. The topological polar surface area (TPSA) is 98.5 Å². The van der Waals surface area contributed by atoms with Crippen LogP contribution in [0.2, 0.25) is 5.02 Å². The highest BCUT2D eigenvalue weighted by atomic mass is 35.5. The molecular formula is C13H19ClN2O4S. The first kappa shape index (κ1) is 17.9. The predicted octanol–water partition coefficient (Wildman–Crippen LogP) is 1.45. The number of hydrogen-bond donors (Lipinski definition) is 2. The van der Waals surface area contributed by atoms with E-state index in [0.717, 1.165) is 0 Å². The summed E-state index contributed by atoms with van der Waals surface area (Å²) in [5, 5.41) is 8.03. The number of hydrogen-bond acceptors (Lipinski definition) is 4. The van der Waals surface area contributed by atoms with Gasteiger partial charge in [0.05, 0.1) is 4.90 Å². The Kier molecular flexibility index (Phi) is 6.15. The molecule has 1 amide bonds. The van der Waals surface area contributed by atoms with Crippen molar-refractivity contribution >= 4 is 27.5 Å². The molecule has 0 fully saturated rings. The average molecular weight is 335 g/mol. The largest absolute Gasteiger partial charge is 0.385 e. The molecule has 1 aromatic carbocycles. The molecule has 21 heavy (non-hydrogen) atoms. The number of methoxy groups -OCH3 is 1. The number of halogens is 1. The maximum atomic E-state index is 12.2. The van der Waals surface area contributed by atoms with Crippen LogP contribution in [0.1, 0.15) is 29.3 Å². The molecule has 1 rings (SSSR count). The Balaban J connectivity index is 3.08. The number of nitrogens with two attached hydrogens (primary N) is 1. The molecule has 0 saturated heterocycles. The first-order valence-corrected chi connectivity index (χ1v) is 8.22. The van der Waals surface area contributed by atoms with Crippen molar-refractivity contribution in [1.29, 1.82) is 0 Å². The van der Waals surface area contributed by atoms with Gasteiger partial charge in [0, 0.05) is 30.3 Å². The number of rotatable bonds is 6. The van der Waals surface area contributed by atoms with Gasteiger partial charge in [0.1, 0.15) is 0 Å². The first-order chi connectivity index (χ1) is 9.66. The number of sulfonamides is 1. The van der Waals surface area contributed by atoms with Crippen molar-refractivity contribution in [1.82, 2.24) is 5.32 Å². The molecule has 1 unspecified atom stereocenters. The van der Waals surface area contributed by atoms with Crippen molar-refractivity contribution in [3.8, 4) is 0 Å². The van der Waals surface area contributed by atoms with Crippen molar-refractivity contribution in [2.75, 3.05) is 13.7 Å². The fourth-order valence-electron chi connectivity index (χ4n) is 1.85. The molecule has 0 aromatic heterocycles. The zero-order chi connectivity index (χ0) is 16.2. The van der Waals surface area contributed by atoms with Crippen LogP contribution in [0.5, 0.6) is 0 Å². The lowest BCUT2D eigenvalue weighted by Gasteiger charge is -2.16. The first-order valence-electron chi connectivity index (χ1n) is 6.29. The number of ether oxygens (including phenoxy) is 1. The minimum absolute atomic E-state index is 0.117. The van der Waals surface area contributed by atoms with Crippen molar-refractivity contribution in [2.24, 2.45) is 5.14 Å². The van der Waals surface area contributed by atoms with Gasteiger partial charge in [-0.3, -0.25) is 4.79 Å². The van der Waals surface area contributed by atoms with E-state index in [1.165, 1.54) is 19.1 Å². The molecule has 0 aliphatic heterocycles. The van der Waals surface area contributed by atoms with E-state index in [1.807, 2.05) is 6.92 Å². The van der Waals surface area contributed by atoms with Gasteiger partial charge in [0.2, 0.25) is 10.0 Å². The lowest BCUT2D eigenvalue weighted by atomic mass is 10.1. The van der Waals surface area contributed by atoms with Gasteiger partial charge in [0.25, 0.3) is 5.91 Å². The monoisotopic (exact) mass is 334 g/mol. The van der Waals surface area contributed by atoms with Crippen molar-refractivity contribution in [3.05, 3.63) is 28.3 Å². The minimum Gasteiger partial charge on any atom is -0.385 e. The van der Waals surface area contributed by atoms with E-state index in [-0.39, 0.29) is 27.1 Å². The Labute approximate surface area is 129 Å². The molecule has 118 valence electrons. The molecule has 3 N–H and O–H groups in total. The highest BCUT2D eigenvalue weighted by Gasteiger charge is 2.20. The molecule has 6 nitrogen and oxygen atoms in total. The second-order valence-corrected chi connectivity index (χ2v) is 6.74. The van der Waals surface area contributed by atoms with Crippen LogP contribution in [0, 0.1) is 6.92 Å². The SMILES string of the molecule is COCCC(C)NC(=O)c1cc(Cl)cc(S(N)(=O)=O)c1C. The summed E-state index contributed by atoms with van der Waals surface area (Å²) in [7, 11) is -2.36. The van der Waals surface area contributed by atoms with Crippen LogP contribution in [0.25, 0.3) is 0 Å². The highest BCUT2D eigenvalue weighted by molar-refractivity contribution is 7.89. The summed E-state index contributed by atoms with van der Waals surface area (Å²) in [4.78, 5) is 12.1. The quantitative estimate of drug-likeness (QED) is 0.822. The predicted molar refractivity (Wildman–Crippen MR) is 81.0 cm³/mol. The average Bonchev–Trinajstić information content (AvgIpc) is 2.37. The van der Waals surface area contributed by atoms with Crippen LogP contribution in [-0.2, 0) is 14.8 Å². The van der Waals surface area contributed by atoms with E-state index < -0.39 is 15.9 Å².